The average molecular weight is 325 g/mol. The maximum atomic E-state index is 11.8. The van der Waals surface area contributed by atoms with Gasteiger partial charge >= 0.3 is 0 Å². The van der Waals surface area contributed by atoms with Crippen LogP contribution in [0.5, 0.6) is 5.75 Å². The number of carbonyl (C=O) groups is 1. The van der Waals surface area contributed by atoms with Crippen LogP contribution in [0.1, 0.15) is 6.42 Å². The van der Waals surface area contributed by atoms with Crippen molar-refractivity contribution in [3.8, 4) is 5.75 Å². The van der Waals surface area contributed by atoms with Crippen molar-refractivity contribution in [2.45, 2.75) is 6.42 Å². The van der Waals surface area contributed by atoms with Gasteiger partial charge in [-0.05, 0) is 30.3 Å². The van der Waals surface area contributed by atoms with Gasteiger partial charge in [-0.3, -0.25) is 4.79 Å². The third kappa shape index (κ3) is 4.55. The molecule has 0 aromatic heterocycles. The van der Waals surface area contributed by atoms with Gasteiger partial charge in [0.2, 0.25) is 5.91 Å². The number of hydrogen-bond acceptors (Lipinski definition) is 3. The number of nitrogens with two attached hydrogens (primary N) is 1. The zero-order chi connectivity index (χ0) is 15.2. The van der Waals surface area contributed by atoms with Gasteiger partial charge in [-0.25, -0.2) is 0 Å². The highest BCUT2D eigenvalue weighted by atomic mass is 35.5. The SMILES string of the molecule is Nc1ccccc1NC(=O)CCOc1ccc(Cl)cc1Cl. The molecule has 0 aliphatic rings. The highest BCUT2D eigenvalue weighted by Crippen LogP contribution is 2.27. The van der Waals surface area contributed by atoms with Crippen LogP contribution in [0.25, 0.3) is 0 Å². The van der Waals surface area contributed by atoms with E-state index in [1.165, 1.54) is 0 Å². The van der Waals surface area contributed by atoms with E-state index < -0.39 is 0 Å². The maximum absolute atomic E-state index is 11.8. The molecular weight excluding hydrogens is 311 g/mol. The molecule has 2 aromatic rings. The highest BCUT2D eigenvalue weighted by Gasteiger charge is 2.07. The fourth-order valence-corrected chi connectivity index (χ4v) is 2.13. The monoisotopic (exact) mass is 324 g/mol. The first-order chi connectivity index (χ1) is 10.1. The maximum Gasteiger partial charge on any atom is 0.227 e. The molecule has 0 spiro atoms. The van der Waals surface area contributed by atoms with Crippen LogP contribution in [0, 0.1) is 0 Å². The minimum Gasteiger partial charge on any atom is -0.491 e. The summed E-state index contributed by atoms with van der Waals surface area (Å²) in [6, 6.07) is 12.0. The number of nitrogens with one attached hydrogen (secondary N) is 1. The Balaban J connectivity index is 1.83. The standard InChI is InChI=1S/C15H14Cl2N2O2/c16-10-5-6-14(11(17)9-10)21-8-7-15(20)19-13-4-2-1-3-12(13)18/h1-6,9H,7-8,18H2,(H,19,20). The van der Waals surface area contributed by atoms with E-state index in [9.17, 15) is 4.79 Å². The van der Waals surface area contributed by atoms with E-state index in [4.69, 9.17) is 33.7 Å². The summed E-state index contributed by atoms with van der Waals surface area (Å²) in [5, 5.41) is 3.67. The third-order valence-corrected chi connectivity index (χ3v) is 3.25. The molecule has 0 heterocycles. The Kier molecular flexibility index (Phi) is 5.31. The Hall–Kier alpha value is -1.91. The summed E-state index contributed by atoms with van der Waals surface area (Å²) in [5.74, 6) is 0.311. The van der Waals surface area contributed by atoms with Crippen LogP contribution in [0.3, 0.4) is 0 Å². The fourth-order valence-electron chi connectivity index (χ4n) is 1.67. The van der Waals surface area contributed by atoms with Gasteiger partial charge in [0.05, 0.1) is 29.4 Å². The van der Waals surface area contributed by atoms with Gasteiger partial charge in [-0.2, -0.15) is 0 Å². The predicted molar refractivity (Wildman–Crippen MR) is 86.1 cm³/mol. The number of carbonyl (C=O) groups excluding carboxylic acids is 1. The molecule has 3 N–H and O–H groups in total. The van der Waals surface area contributed by atoms with Crippen LogP contribution < -0.4 is 15.8 Å². The molecule has 0 aliphatic carbocycles. The Morgan fingerprint density at radius 2 is 1.95 bits per heavy atom. The molecule has 0 fully saturated rings. The molecule has 0 atom stereocenters. The van der Waals surface area contributed by atoms with Gasteiger partial charge < -0.3 is 15.8 Å². The second kappa shape index (κ2) is 7.20. The zero-order valence-corrected chi connectivity index (χ0v) is 12.6. The molecule has 0 saturated carbocycles. The summed E-state index contributed by atoms with van der Waals surface area (Å²) in [7, 11) is 0. The van der Waals surface area contributed by atoms with Crippen molar-refractivity contribution in [2.24, 2.45) is 0 Å². The number of rotatable bonds is 5. The molecule has 0 unspecified atom stereocenters. The second-order valence-electron chi connectivity index (χ2n) is 4.31. The molecule has 0 aliphatic heterocycles. The van der Waals surface area contributed by atoms with Gasteiger partial charge in [0.25, 0.3) is 0 Å². The Bertz CT molecular complexity index is 647. The highest BCUT2D eigenvalue weighted by molar-refractivity contribution is 6.35. The first-order valence-corrected chi connectivity index (χ1v) is 7.04. The van der Waals surface area contributed by atoms with Gasteiger partial charge in [-0.1, -0.05) is 35.3 Å². The van der Waals surface area contributed by atoms with Gasteiger partial charge in [0.15, 0.2) is 0 Å². The molecule has 1 amide bonds. The van der Waals surface area contributed by atoms with E-state index >= 15 is 0 Å². The number of hydrogen-bond donors (Lipinski definition) is 2. The van der Waals surface area contributed by atoms with Crippen molar-refractivity contribution in [1.29, 1.82) is 0 Å². The number of para-hydroxylation sites is 2. The van der Waals surface area contributed by atoms with Crippen molar-refractivity contribution in [3.05, 3.63) is 52.5 Å². The number of nitrogen functional groups attached to an aromatic ring is 1. The number of ether oxygens (including phenoxy) is 1. The summed E-state index contributed by atoms with van der Waals surface area (Å²) in [6.07, 6.45) is 0.188. The topological polar surface area (TPSA) is 64.3 Å². The summed E-state index contributed by atoms with van der Waals surface area (Å²) in [5.41, 5.74) is 6.86. The van der Waals surface area contributed by atoms with E-state index in [-0.39, 0.29) is 18.9 Å². The Morgan fingerprint density at radius 3 is 2.67 bits per heavy atom. The molecule has 0 radical (unpaired) electrons. The number of amides is 1. The smallest absolute Gasteiger partial charge is 0.227 e. The molecule has 6 heteroatoms. The van der Waals surface area contributed by atoms with E-state index in [0.29, 0.717) is 27.2 Å². The zero-order valence-electron chi connectivity index (χ0n) is 11.1. The van der Waals surface area contributed by atoms with Crippen molar-refractivity contribution in [1.82, 2.24) is 0 Å². The molecule has 0 bridgehead atoms. The fraction of sp³-hybridized carbons (Fsp3) is 0.133. The average Bonchev–Trinajstić information content (AvgIpc) is 2.44. The van der Waals surface area contributed by atoms with E-state index in [1.807, 2.05) is 0 Å². The first kappa shape index (κ1) is 15.5. The lowest BCUT2D eigenvalue weighted by Gasteiger charge is -2.10. The number of benzene rings is 2. The van der Waals surface area contributed by atoms with Crippen LogP contribution in [-0.4, -0.2) is 12.5 Å². The lowest BCUT2D eigenvalue weighted by Crippen LogP contribution is -2.16. The van der Waals surface area contributed by atoms with Crippen LogP contribution in [0.4, 0.5) is 11.4 Å². The minimum atomic E-state index is -0.182. The quantitative estimate of drug-likeness (QED) is 0.817. The molecule has 4 nitrogen and oxygen atoms in total. The van der Waals surface area contributed by atoms with Crippen molar-refractivity contribution in [3.63, 3.8) is 0 Å². The Morgan fingerprint density at radius 1 is 1.19 bits per heavy atom. The lowest BCUT2D eigenvalue weighted by molar-refractivity contribution is -0.116. The third-order valence-electron chi connectivity index (χ3n) is 2.72. The van der Waals surface area contributed by atoms with Gasteiger partial charge in [0.1, 0.15) is 5.75 Å². The predicted octanol–water partition coefficient (Wildman–Crippen LogP) is 3.98. The molecule has 0 saturated heterocycles. The molecule has 2 rings (SSSR count). The van der Waals surface area contributed by atoms with E-state index in [1.54, 1.807) is 42.5 Å². The minimum absolute atomic E-state index is 0.182. The molecule has 110 valence electrons. The van der Waals surface area contributed by atoms with Gasteiger partial charge in [-0.15, -0.1) is 0 Å². The summed E-state index contributed by atoms with van der Waals surface area (Å²) < 4.78 is 5.45. The Labute approximate surface area is 132 Å². The van der Waals surface area contributed by atoms with Crippen molar-refractivity contribution < 1.29 is 9.53 Å². The molecule has 21 heavy (non-hydrogen) atoms. The largest absolute Gasteiger partial charge is 0.491 e. The second-order valence-corrected chi connectivity index (χ2v) is 5.15. The van der Waals surface area contributed by atoms with Crippen LogP contribution in [-0.2, 0) is 4.79 Å². The molecular formula is C15H14Cl2N2O2. The summed E-state index contributed by atoms with van der Waals surface area (Å²) >= 11 is 11.8. The lowest BCUT2D eigenvalue weighted by atomic mass is 10.2. The number of halogens is 2. The summed E-state index contributed by atoms with van der Waals surface area (Å²) in [6.45, 7) is 0.208. The number of anilines is 2. The van der Waals surface area contributed by atoms with Crippen LogP contribution >= 0.6 is 23.2 Å². The first-order valence-electron chi connectivity index (χ1n) is 6.28. The van der Waals surface area contributed by atoms with Gasteiger partial charge in [0, 0.05) is 5.02 Å². The molecule has 2 aromatic carbocycles. The normalized spacial score (nSPS) is 10.2. The van der Waals surface area contributed by atoms with Crippen molar-refractivity contribution >= 4 is 40.5 Å². The van der Waals surface area contributed by atoms with Crippen LogP contribution in [0.2, 0.25) is 10.0 Å². The van der Waals surface area contributed by atoms with Crippen molar-refractivity contribution in [2.75, 3.05) is 17.7 Å². The van der Waals surface area contributed by atoms with E-state index in [2.05, 4.69) is 5.32 Å². The van der Waals surface area contributed by atoms with Crippen LogP contribution in [0.15, 0.2) is 42.5 Å². The van der Waals surface area contributed by atoms with E-state index in [0.717, 1.165) is 0 Å². The summed E-state index contributed by atoms with van der Waals surface area (Å²) in [4.78, 5) is 11.8.